The Morgan fingerprint density at radius 2 is 1.90 bits per heavy atom. The molecule has 3 rings (SSSR count). The highest BCUT2D eigenvalue weighted by molar-refractivity contribution is 6.14. The fraction of sp³-hybridized carbons (Fsp3) is 0.167. The summed E-state index contributed by atoms with van der Waals surface area (Å²) in [6, 6.07) is 15.0. The molecule has 2 aromatic rings. The van der Waals surface area contributed by atoms with E-state index in [9.17, 15) is 4.79 Å². The van der Waals surface area contributed by atoms with E-state index in [-0.39, 0.29) is 12.4 Å². The van der Waals surface area contributed by atoms with E-state index in [1.165, 1.54) is 0 Å². The van der Waals surface area contributed by atoms with Crippen LogP contribution in [0.25, 0.3) is 6.08 Å². The van der Waals surface area contributed by atoms with Gasteiger partial charge in [0.15, 0.2) is 5.78 Å². The molecule has 0 spiro atoms. The Bertz CT molecular complexity index is 701. The number of ketones is 1. The molecule has 2 aromatic carbocycles. The molecule has 0 N–H and O–H groups in total. The van der Waals surface area contributed by atoms with Crippen molar-refractivity contribution < 1.29 is 14.3 Å². The molecule has 0 atom stereocenters. The van der Waals surface area contributed by atoms with Crippen LogP contribution < -0.4 is 9.47 Å². The molecule has 21 heavy (non-hydrogen) atoms. The molecule has 0 radical (unpaired) electrons. The minimum atomic E-state index is 0.0168. The van der Waals surface area contributed by atoms with Crippen molar-refractivity contribution in [3.63, 3.8) is 0 Å². The van der Waals surface area contributed by atoms with Crippen molar-refractivity contribution in [2.75, 3.05) is 13.2 Å². The molecule has 0 aromatic heterocycles. The zero-order valence-electron chi connectivity index (χ0n) is 11.8. The third-order valence-electron chi connectivity index (χ3n) is 3.36. The summed E-state index contributed by atoms with van der Waals surface area (Å²) >= 11 is 0. The second-order valence-electron chi connectivity index (χ2n) is 4.75. The predicted octanol–water partition coefficient (Wildman–Crippen LogP) is 3.74. The SMILES string of the molecule is CCOc1ccccc1/C=C1/COc2ccccc2C1=O. The van der Waals surface area contributed by atoms with E-state index < -0.39 is 0 Å². The van der Waals surface area contributed by atoms with E-state index >= 15 is 0 Å². The molecule has 0 bridgehead atoms. The van der Waals surface area contributed by atoms with Gasteiger partial charge in [-0.25, -0.2) is 0 Å². The van der Waals surface area contributed by atoms with Gasteiger partial charge in [0.1, 0.15) is 18.1 Å². The molecule has 0 aliphatic carbocycles. The third-order valence-corrected chi connectivity index (χ3v) is 3.36. The molecule has 1 heterocycles. The average molecular weight is 280 g/mol. The molecule has 0 fully saturated rings. The zero-order chi connectivity index (χ0) is 14.7. The largest absolute Gasteiger partial charge is 0.493 e. The van der Waals surface area contributed by atoms with Crippen LogP contribution in [0.1, 0.15) is 22.8 Å². The molecule has 0 unspecified atom stereocenters. The molecular weight excluding hydrogens is 264 g/mol. The van der Waals surface area contributed by atoms with E-state index in [0.29, 0.717) is 23.5 Å². The highest BCUT2D eigenvalue weighted by Crippen LogP contribution is 2.29. The van der Waals surface area contributed by atoms with Crippen LogP contribution in [0.2, 0.25) is 0 Å². The number of Topliss-reactive ketones (excluding diaryl/α,β-unsaturated/α-hetero) is 1. The van der Waals surface area contributed by atoms with Crippen LogP contribution in [0.5, 0.6) is 11.5 Å². The van der Waals surface area contributed by atoms with Gasteiger partial charge in [0.2, 0.25) is 0 Å². The van der Waals surface area contributed by atoms with Crippen LogP contribution in [0.3, 0.4) is 0 Å². The maximum absolute atomic E-state index is 12.5. The third kappa shape index (κ3) is 2.68. The summed E-state index contributed by atoms with van der Waals surface area (Å²) in [5, 5.41) is 0. The van der Waals surface area contributed by atoms with Crippen molar-refractivity contribution in [2.45, 2.75) is 6.92 Å². The first kappa shape index (κ1) is 13.4. The highest BCUT2D eigenvalue weighted by atomic mass is 16.5. The fourth-order valence-electron chi connectivity index (χ4n) is 2.36. The van der Waals surface area contributed by atoms with Gasteiger partial charge in [0.05, 0.1) is 12.2 Å². The molecule has 106 valence electrons. The van der Waals surface area contributed by atoms with Crippen molar-refractivity contribution in [2.24, 2.45) is 0 Å². The number of carbonyl (C=O) groups excluding carboxylic acids is 1. The van der Waals surface area contributed by atoms with Crippen molar-refractivity contribution in [3.05, 3.63) is 65.2 Å². The number of benzene rings is 2. The van der Waals surface area contributed by atoms with Gasteiger partial charge in [-0.05, 0) is 31.2 Å². The van der Waals surface area contributed by atoms with Crippen LogP contribution >= 0.6 is 0 Å². The number of ether oxygens (including phenoxy) is 2. The molecule has 1 aliphatic rings. The standard InChI is InChI=1S/C18H16O3/c1-2-20-16-9-5-3-7-13(16)11-14-12-21-17-10-6-4-8-15(17)18(14)19/h3-11H,2,12H2,1H3/b14-11-. The van der Waals surface area contributed by atoms with Crippen molar-refractivity contribution >= 4 is 11.9 Å². The summed E-state index contributed by atoms with van der Waals surface area (Å²) in [6.45, 7) is 2.82. The first-order chi connectivity index (χ1) is 10.3. The Morgan fingerprint density at radius 1 is 1.14 bits per heavy atom. The fourth-order valence-corrected chi connectivity index (χ4v) is 2.36. The second kappa shape index (κ2) is 5.83. The number of hydrogen-bond donors (Lipinski definition) is 0. The summed E-state index contributed by atoms with van der Waals surface area (Å²) in [6.07, 6.45) is 1.85. The van der Waals surface area contributed by atoms with E-state index in [4.69, 9.17) is 9.47 Å². The lowest BCUT2D eigenvalue weighted by molar-refractivity contribution is 0.100. The number of para-hydroxylation sites is 2. The Labute approximate surface area is 123 Å². The van der Waals surface area contributed by atoms with Gasteiger partial charge in [-0.1, -0.05) is 30.3 Å². The molecule has 3 heteroatoms. The summed E-state index contributed by atoms with van der Waals surface area (Å²) in [5.74, 6) is 1.44. The normalized spacial score (nSPS) is 15.5. The van der Waals surface area contributed by atoms with Crippen molar-refractivity contribution in [1.82, 2.24) is 0 Å². The van der Waals surface area contributed by atoms with Crippen LogP contribution in [-0.4, -0.2) is 19.0 Å². The van der Waals surface area contributed by atoms with Crippen LogP contribution in [0.4, 0.5) is 0 Å². The maximum Gasteiger partial charge on any atom is 0.196 e. The predicted molar refractivity (Wildman–Crippen MR) is 81.9 cm³/mol. The molecule has 0 saturated carbocycles. The summed E-state index contributed by atoms with van der Waals surface area (Å²) in [4.78, 5) is 12.5. The maximum atomic E-state index is 12.5. The van der Waals surface area contributed by atoms with E-state index in [2.05, 4.69) is 0 Å². The van der Waals surface area contributed by atoms with E-state index in [1.807, 2.05) is 55.5 Å². The summed E-state index contributed by atoms with van der Waals surface area (Å²) in [5.41, 5.74) is 2.15. The Hall–Kier alpha value is -2.55. The van der Waals surface area contributed by atoms with Crippen molar-refractivity contribution in [1.29, 1.82) is 0 Å². The second-order valence-corrected chi connectivity index (χ2v) is 4.75. The minimum Gasteiger partial charge on any atom is -0.493 e. The Kier molecular flexibility index (Phi) is 3.73. The van der Waals surface area contributed by atoms with Gasteiger partial charge in [0, 0.05) is 11.1 Å². The van der Waals surface area contributed by atoms with E-state index in [0.717, 1.165) is 11.3 Å². The Balaban J connectivity index is 1.97. The van der Waals surface area contributed by atoms with Gasteiger partial charge in [0.25, 0.3) is 0 Å². The molecule has 1 aliphatic heterocycles. The average Bonchev–Trinajstić information content (AvgIpc) is 2.52. The minimum absolute atomic E-state index is 0.0168. The Morgan fingerprint density at radius 3 is 2.76 bits per heavy atom. The summed E-state index contributed by atoms with van der Waals surface area (Å²) in [7, 11) is 0. The lowest BCUT2D eigenvalue weighted by Crippen LogP contribution is -2.18. The van der Waals surface area contributed by atoms with Crippen LogP contribution in [0.15, 0.2) is 54.1 Å². The zero-order valence-corrected chi connectivity index (χ0v) is 11.8. The smallest absolute Gasteiger partial charge is 0.196 e. The molecular formula is C18H16O3. The quantitative estimate of drug-likeness (QED) is 0.803. The van der Waals surface area contributed by atoms with Gasteiger partial charge in [-0.3, -0.25) is 4.79 Å². The van der Waals surface area contributed by atoms with Crippen molar-refractivity contribution in [3.8, 4) is 11.5 Å². The van der Waals surface area contributed by atoms with Gasteiger partial charge in [-0.2, -0.15) is 0 Å². The topological polar surface area (TPSA) is 35.5 Å². The monoisotopic (exact) mass is 280 g/mol. The highest BCUT2D eigenvalue weighted by Gasteiger charge is 2.22. The van der Waals surface area contributed by atoms with Crippen LogP contribution in [-0.2, 0) is 0 Å². The van der Waals surface area contributed by atoms with Crippen LogP contribution in [0, 0.1) is 0 Å². The lowest BCUT2D eigenvalue weighted by atomic mass is 9.98. The van der Waals surface area contributed by atoms with Gasteiger partial charge < -0.3 is 9.47 Å². The molecule has 0 amide bonds. The first-order valence-electron chi connectivity index (χ1n) is 6.98. The number of rotatable bonds is 3. The number of carbonyl (C=O) groups is 1. The first-order valence-corrected chi connectivity index (χ1v) is 6.98. The van der Waals surface area contributed by atoms with E-state index in [1.54, 1.807) is 6.07 Å². The molecule has 0 saturated heterocycles. The molecule has 3 nitrogen and oxygen atoms in total. The lowest BCUT2D eigenvalue weighted by Gasteiger charge is -2.18. The van der Waals surface area contributed by atoms with Gasteiger partial charge in [-0.15, -0.1) is 0 Å². The number of fused-ring (bicyclic) bond motifs is 1. The summed E-state index contributed by atoms with van der Waals surface area (Å²) < 4.78 is 11.2. The number of hydrogen-bond acceptors (Lipinski definition) is 3. The van der Waals surface area contributed by atoms with Gasteiger partial charge >= 0.3 is 0 Å².